The summed E-state index contributed by atoms with van der Waals surface area (Å²) in [5.74, 6) is 0.911. The Bertz CT molecular complexity index is 471. The summed E-state index contributed by atoms with van der Waals surface area (Å²) in [4.78, 5) is 0. The maximum atomic E-state index is 6.20. The fourth-order valence-corrected chi connectivity index (χ4v) is 2.86. The average Bonchev–Trinajstić information content (AvgIpc) is 2.28. The molecule has 2 heterocycles. The summed E-state index contributed by atoms with van der Waals surface area (Å²) in [5.41, 5.74) is 0.980. The van der Waals surface area contributed by atoms with E-state index < -0.39 is 0 Å². The van der Waals surface area contributed by atoms with Crippen molar-refractivity contribution in [1.29, 1.82) is 0 Å². The van der Waals surface area contributed by atoms with Crippen molar-refractivity contribution in [1.82, 2.24) is 5.32 Å². The van der Waals surface area contributed by atoms with E-state index in [0.29, 0.717) is 6.04 Å². The van der Waals surface area contributed by atoms with Gasteiger partial charge in [-0.2, -0.15) is 0 Å². The zero-order valence-corrected chi connectivity index (χ0v) is 10.6. The third-order valence-corrected chi connectivity index (χ3v) is 3.78. The molecule has 1 aromatic carbocycles. The standard InChI is InChI=1S/C14H16ClNO/c1-10-9-14(6-7-16-10)5-4-11-2-3-12(15)8-13(11)17-14/h2-5,8,10,16H,6-7,9H2,1H3/t10-,14?/m0/s1. The number of piperidine rings is 1. The SMILES string of the molecule is C[C@H]1CC2(C=Cc3ccc(Cl)cc3O2)CCN1. The first kappa shape index (κ1) is 11.1. The van der Waals surface area contributed by atoms with E-state index in [2.05, 4.69) is 24.4 Å². The topological polar surface area (TPSA) is 21.3 Å². The number of benzene rings is 1. The van der Waals surface area contributed by atoms with Gasteiger partial charge in [0.2, 0.25) is 0 Å². The molecule has 3 heteroatoms. The average molecular weight is 250 g/mol. The Hall–Kier alpha value is -0.990. The highest BCUT2D eigenvalue weighted by atomic mass is 35.5. The molecule has 1 N–H and O–H groups in total. The first-order valence-electron chi connectivity index (χ1n) is 6.08. The second-order valence-corrected chi connectivity index (χ2v) is 5.43. The molecule has 0 radical (unpaired) electrons. The summed E-state index contributed by atoms with van der Waals surface area (Å²) in [7, 11) is 0. The van der Waals surface area contributed by atoms with Gasteiger partial charge in [0.1, 0.15) is 11.4 Å². The molecule has 1 fully saturated rings. The molecule has 90 valence electrons. The van der Waals surface area contributed by atoms with Crippen molar-refractivity contribution in [3.63, 3.8) is 0 Å². The van der Waals surface area contributed by atoms with Crippen LogP contribution in [0, 0.1) is 0 Å². The summed E-state index contributed by atoms with van der Waals surface area (Å²) in [5, 5.41) is 4.18. The number of rotatable bonds is 0. The highest BCUT2D eigenvalue weighted by molar-refractivity contribution is 6.30. The van der Waals surface area contributed by atoms with E-state index in [0.717, 1.165) is 35.7 Å². The molecule has 3 rings (SSSR count). The van der Waals surface area contributed by atoms with Crippen LogP contribution in [0.5, 0.6) is 5.75 Å². The lowest BCUT2D eigenvalue weighted by molar-refractivity contribution is 0.0673. The van der Waals surface area contributed by atoms with Gasteiger partial charge in [-0.3, -0.25) is 0 Å². The summed E-state index contributed by atoms with van der Waals surface area (Å²) in [6.45, 7) is 3.20. The molecule has 1 aromatic rings. The van der Waals surface area contributed by atoms with Crippen molar-refractivity contribution in [2.45, 2.75) is 31.4 Å². The van der Waals surface area contributed by atoms with Crippen LogP contribution in [0.25, 0.3) is 6.08 Å². The van der Waals surface area contributed by atoms with E-state index in [1.165, 1.54) is 0 Å². The molecule has 0 aliphatic carbocycles. The molecule has 0 aromatic heterocycles. The molecular weight excluding hydrogens is 234 g/mol. The summed E-state index contributed by atoms with van der Waals surface area (Å²) in [6, 6.07) is 6.31. The minimum Gasteiger partial charge on any atom is -0.482 e. The first-order chi connectivity index (χ1) is 8.17. The van der Waals surface area contributed by atoms with Crippen molar-refractivity contribution in [3.8, 4) is 5.75 Å². The van der Waals surface area contributed by atoms with Gasteiger partial charge >= 0.3 is 0 Å². The molecule has 2 nitrogen and oxygen atoms in total. The Balaban J connectivity index is 1.93. The third-order valence-electron chi connectivity index (χ3n) is 3.55. The van der Waals surface area contributed by atoms with Gasteiger partial charge < -0.3 is 10.1 Å². The van der Waals surface area contributed by atoms with Crippen molar-refractivity contribution in [2.75, 3.05) is 6.54 Å². The van der Waals surface area contributed by atoms with Crippen LogP contribution in [0.15, 0.2) is 24.3 Å². The fourth-order valence-electron chi connectivity index (χ4n) is 2.70. The van der Waals surface area contributed by atoms with E-state index >= 15 is 0 Å². The quantitative estimate of drug-likeness (QED) is 0.762. The van der Waals surface area contributed by atoms with Crippen LogP contribution in [-0.4, -0.2) is 18.2 Å². The molecule has 0 saturated carbocycles. The highest BCUT2D eigenvalue weighted by Gasteiger charge is 2.36. The fraction of sp³-hybridized carbons (Fsp3) is 0.429. The van der Waals surface area contributed by atoms with Gasteiger partial charge in [0.25, 0.3) is 0 Å². The summed E-state index contributed by atoms with van der Waals surface area (Å²) in [6.07, 6.45) is 6.39. The molecule has 2 atom stereocenters. The van der Waals surface area contributed by atoms with Crippen LogP contribution in [0.2, 0.25) is 5.02 Å². The molecule has 17 heavy (non-hydrogen) atoms. The van der Waals surface area contributed by atoms with E-state index in [1.807, 2.05) is 18.2 Å². The van der Waals surface area contributed by atoms with E-state index in [4.69, 9.17) is 16.3 Å². The predicted molar refractivity (Wildman–Crippen MR) is 70.5 cm³/mol. The summed E-state index contributed by atoms with van der Waals surface area (Å²) >= 11 is 6.02. The van der Waals surface area contributed by atoms with E-state index in [1.54, 1.807) is 0 Å². The monoisotopic (exact) mass is 249 g/mol. The van der Waals surface area contributed by atoms with Crippen LogP contribution in [0.1, 0.15) is 25.3 Å². The van der Waals surface area contributed by atoms with Gasteiger partial charge in [0.05, 0.1) is 0 Å². The van der Waals surface area contributed by atoms with Gasteiger partial charge in [-0.1, -0.05) is 17.7 Å². The molecule has 2 aliphatic heterocycles. The lowest BCUT2D eigenvalue weighted by atomic mass is 9.85. The van der Waals surface area contributed by atoms with Crippen LogP contribution in [0.3, 0.4) is 0 Å². The van der Waals surface area contributed by atoms with Gasteiger partial charge in [-0.15, -0.1) is 0 Å². The zero-order valence-electron chi connectivity index (χ0n) is 9.87. The molecule has 1 saturated heterocycles. The number of halogens is 1. The van der Waals surface area contributed by atoms with Crippen molar-refractivity contribution >= 4 is 17.7 Å². The molecule has 0 amide bonds. The molecule has 0 bridgehead atoms. The number of hydrogen-bond donors (Lipinski definition) is 1. The number of hydrogen-bond acceptors (Lipinski definition) is 2. The Morgan fingerprint density at radius 3 is 3.18 bits per heavy atom. The van der Waals surface area contributed by atoms with Crippen LogP contribution >= 0.6 is 11.6 Å². The normalized spacial score (nSPS) is 31.1. The second kappa shape index (κ2) is 4.04. The van der Waals surface area contributed by atoms with Crippen LogP contribution in [-0.2, 0) is 0 Å². The van der Waals surface area contributed by atoms with Crippen LogP contribution < -0.4 is 10.1 Å². The smallest absolute Gasteiger partial charge is 0.130 e. The first-order valence-corrected chi connectivity index (χ1v) is 6.46. The molecule has 1 unspecified atom stereocenters. The van der Waals surface area contributed by atoms with E-state index in [-0.39, 0.29) is 5.60 Å². The molecular formula is C14H16ClNO. The maximum Gasteiger partial charge on any atom is 0.130 e. The zero-order chi connectivity index (χ0) is 11.9. The van der Waals surface area contributed by atoms with Gasteiger partial charge in [0.15, 0.2) is 0 Å². The molecule has 2 aliphatic rings. The van der Waals surface area contributed by atoms with Crippen molar-refractivity contribution < 1.29 is 4.74 Å². The summed E-state index contributed by atoms with van der Waals surface area (Å²) < 4.78 is 6.20. The lowest BCUT2D eigenvalue weighted by Crippen LogP contribution is -2.49. The van der Waals surface area contributed by atoms with Crippen molar-refractivity contribution in [3.05, 3.63) is 34.9 Å². The largest absolute Gasteiger partial charge is 0.482 e. The van der Waals surface area contributed by atoms with Gasteiger partial charge in [0, 0.05) is 29.5 Å². The molecule has 1 spiro atoms. The van der Waals surface area contributed by atoms with Gasteiger partial charge in [-0.25, -0.2) is 0 Å². The van der Waals surface area contributed by atoms with Gasteiger partial charge in [-0.05, 0) is 37.7 Å². The maximum absolute atomic E-state index is 6.20. The Morgan fingerprint density at radius 1 is 1.47 bits per heavy atom. The van der Waals surface area contributed by atoms with E-state index in [9.17, 15) is 0 Å². The Kier molecular flexibility index (Phi) is 2.64. The lowest BCUT2D eigenvalue weighted by Gasteiger charge is -2.40. The minimum absolute atomic E-state index is 0.137. The number of nitrogens with one attached hydrogen (secondary N) is 1. The Labute approximate surface area is 107 Å². The minimum atomic E-state index is -0.137. The van der Waals surface area contributed by atoms with Crippen LogP contribution in [0.4, 0.5) is 0 Å². The second-order valence-electron chi connectivity index (χ2n) is 4.99. The Morgan fingerprint density at radius 2 is 2.35 bits per heavy atom. The highest BCUT2D eigenvalue weighted by Crippen LogP contribution is 2.38. The number of ether oxygens (including phenoxy) is 1. The predicted octanol–water partition coefficient (Wildman–Crippen LogP) is 3.26. The third kappa shape index (κ3) is 2.07. The number of fused-ring (bicyclic) bond motifs is 1. The van der Waals surface area contributed by atoms with Crippen molar-refractivity contribution in [2.24, 2.45) is 0 Å².